The molecule has 2 heteroatoms. The first kappa shape index (κ1) is 12.5. The molecular weight excluding hydrogens is 176 g/mol. The molecule has 0 rings (SSSR count). The van der Waals surface area contributed by atoms with Gasteiger partial charge in [0.1, 0.15) is 8.07 Å². The second-order valence-corrected chi connectivity index (χ2v) is 8.96. The van der Waals surface area contributed by atoms with Crippen LogP contribution in [-0.2, 0) is 0 Å². The maximum atomic E-state index is 9.44. The Balaban J connectivity index is 3.79. The molecular formula is C11H20OSi. The molecule has 0 bridgehead atoms. The topological polar surface area (TPSA) is 20.2 Å². The maximum Gasteiger partial charge on any atom is 0.129 e. The van der Waals surface area contributed by atoms with Gasteiger partial charge >= 0.3 is 0 Å². The fraction of sp³-hybridized carbons (Fsp3) is 0.636. The van der Waals surface area contributed by atoms with Gasteiger partial charge in [-0.25, -0.2) is 0 Å². The Morgan fingerprint density at radius 2 is 2.00 bits per heavy atom. The molecule has 0 aliphatic heterocycles. The third-order valence-corrected chi connectivity index (χ3v) is 2.37. The minimum Gasteiger partial charge on any atom is -0.392 e. The zero-order chi connectivity index (χ0) is 10.3. The van der Waals surface area contributed by atoms with Gasteiger partial charge in [-0.3, -0.25) is 0 Å². The summed E-state index contributed by atoms with van der Waals surface area (Å²) in [5.74, 6) is 3.06. The van der Waals surface area contributed by atoms with Crippen molar-refractivity contribution in [2.45, 2.75) is 45.5 Å². The molecule has 1 atom stereocenters. The highest BCUT2D eigenvalue weighted by atomic mass is 28.3. The summed E-state index contributed by atoms with van der Waals surface area (Å²) in [6, 6.07) is 0. The minimum atomic E-state index is -1.25. The van der Waals surface area contributed by atoms with E-state index in [0.717, 1.165) is 6.42 Å². The molecule has 0 heterocycles. The fourth-order valence-corrected chi connectivity index (χ4v) is 1.44. The van der Waals surface area contributed by atoms with E-state index >= 15 is 0 Å². The first-order chi connectivity index (χ1) is 5.95. The van der Waals surface area contributed by atoms with Crippen molar-refractivity contribution in [3.05, 3.63) is 12.2 Å². The summed E-state index contributed by atoms with van der Waals surface area (Å²) in [5, 5.41) is 9.44. The smallest absolute Gasteiger partial charge is 0.129 e. The summed E-state index contributed by atoms with van der Waals surface area (Å²) in [6.45, 7) is 8.58. The fourth-order valence-electron chi connectivity index (χ4n) is 0.811. The van der Waals surface area contributed by atoms with Crippen molar-refractivity contribution in [3.63, 3.8) is 0 Å². The van der Waals surface area contributed by atoms with E-state index in [1.54, 1.807) is 0 Å². The van der Waals surface area contributed by atoms with E-state index in [9.17, 15) is 5.11 Å². The van der Waals surface area contributed by atoms with Crippen molar-refractivity contribution < 1.29 is 5.11 Å². The standard InChI is InChI=1S/C11H20OSi/c1-5-6-8-11(12)9-7-10-13(2,3)4/h5-6,11-12H,8-9H2,1-4H3/b6-5+. The maximum absolute atomic E-state index is 9.44. The first-order valence-electron chi connectivity index (χ1n) is 4.75. The lowest BCUT2D eigenvalue weighted by molar-refractivity contribution is 0.183. The molecule has 0 radical (unpaired) electrons. The molecule has 0 aliphatic carbocycles. The van der Waals surface area contributed by atoms with E-state index in [1.807, 2.05) is 19.1 Å². The van der Waals surface area contributed by atoms with Crippen molar-refractivity contribution >= 4 is 8.07 Å². The highest BCUT2D eigenvalue weighted by molar-refractivity contribution is 6.83. The van der Waals surface area contributed by atoms with Gasteiger partial charge in [0.05, 0.1) is 6.10 Å². The SMILES string of the molecule is C/C=C/CC(O)CC#C[Si](C)(C)C. The van der Waals surface area contributed by atoms with Crippen LogP contribution in [0, 0.1) is 11.5 Å². The zero-order valence-electron chi connectivity index (χ0n) is 9.09. The third-order valence-electron chi connectivity index (χ3n) is 1.44. The van der Waals surface area contributed by atoms with Gasteiger partial charge in [-0.15, -0.1) is 11.5 Å². The summed E-state index contributed by atoms with van der Waals surface area (Å²) < 4.78 is 0. The van der Waals surface area contributed by atoms with Gasteiger partial charge in [0.15, 0.2) is 0 Å². The van der Waals surface area contributed by atoms with Crippen LogP contribution in [0.3, 0.4) is 0 Å². The zero-order valence-corrected chi connectivity index (χ0v) is 10.1. The lowest BCUT2D eigenvalue weighted by Gasteiger charge is -2.05. The molecule has 0 saturated carbocycles. The lowest BCUT2D eigenvalue weighted by Crippen LogP contribution is -2.16. The normalized spacial score (nSPS) is 13.9. The molecule has 0 saturated heterocycles. The van der Waals surface area contributed by atoms with E-state index < -0.39 is 8.07 Å². The number of hydrogen-bond acceptors (Lipinski definition) is 1. The van der Waals surface area contributed by atoms with E-state index in [4.69, 9.17) is 0 Å². The second kappa shape index (κ2) is 6.01. The number of hydrogen-bond donors (Lipinski definition) is 1. The minimum absolute atomic E-state index is 0.292. The van der Waals surface area contributed by atoms with E-state index in [0.29, 0.717) is 6.42 Å². The molecule has 0 fully saturated rings. The highest BCUT2D eigenvalue weighted by Gasteiger charge is 2.07. The number of allylic oxidation sites excluding steroid dienone is 1. The highest BCUT2D eigenvalue weighted by Crippen LogP contribution is 2.00. The summed E-state index contributed by atoms with van der Waals surface area (Å²) in [4.78, 5) is 0. The molecule has 0 spiro atoms. The second-order valence-electron chi connectivity index (χ2n) is 4.21. The molecule has 0 aromatic rings. The van der Waals surface area contributed by atoms with Crippen molar-refractivity contribution in [1.29, 1.82) is 0 Å². The van der Waals surface area contributed by atoms with Crippen molar-refractivity contribution in [3.8, 4) is 11.5 Å². The monoisotopic (exact) mass is 196 g/mol. The Labute approximate surface area is 82.9 Å². The Morgan fingerprint density at radius 3 is 2.46 bits per heavy atom. The molecule has 0 aliphatic rings. The van der Waals surface area contributed by atoms with Crippen molar-refractivity contribution in [2.75, 3.05) is 0 Å². The van der Waals surface area contributed by atoms with Crippen LogP contribution in [0.2, 0.25) is 19.6 Å². The Morgan fingerprint density at radius 1 is 1.38 bits per heavy atom. The van der Waals surface area contributed by atoms with Crippen molar-refractivity contribution in [2.24, 2.45) is 0 Å². The van der Waals surface area contributed by atoms with Crippen LogP contribution in [0.5, 0.6) is 0 Å². The van der Waals surface area contributed by atoms with Gasteiger partial charge in [-0.1, -0.05) is 31.8 Å². The average Bonchev–Trinajstić information content (AvgIpc) is 1.98. The molecule has 1 N–H and O–H groups in total. The Hall–Kier alpha value is -0.523. The molecule has 1 nitrogen and oxygen atoms in total. The predicted octanol–water partition coefficient (Wildman–Crippen LogP) is 2.58. The largest absolute Gasteiger partial charge is 0.392 e. The van der Waals surface area contributed by atoms with Crippen LogP contribution >= 0.6 is 0 Å². The summed E-state index contributed by atoms with van der Waals surface area (Å²) in [5.41, 5.74) is 3.23. The number of rotatable bonds is 3. The summed E-state index contributed by atoms with van der Waals surface area (Å²) in [6.07, 6.45) is 4.96. The van der Waals surface area contributed by atoms with Crippen LogP contribution in [-0.4, -0.2) is 19.3 Å². The summed E-state index contributed by atoms with van der Waals surface area (Å²) >= 11 is 0. The van der Waals surface area contributed by atoms with Crippen LogP contribution in [0.4, 0.5) is 0 Å². The van der Waals surface area contributed by atoms with Gasteiger partial charge in [0.25, 0.3) is 0 Å². The van der Waals surface area contributed by atoms with Gasteiger partial charge in [0, 0.05) is 6.42 Å². The van der Waals surface area contributed by atoms with E-state index in [1.165, 1.54) is 0 Å². The molecule has 13 heavy (non-hydrogen) atoms. The van der Waals surface area contributed by atoms with Crippen LogP contribution in [0.25, 0.3) is 0 Å². The average molecular weight is 196 g/mol. The van der Waals surface area contributed by atoms with Crippen molar-refractivity contribution in [1.82, 2.24) is 0 Å². The molecule has 74 valence electrons. The van der Waals surface area contributed by atoms with Gasteiger partial charge in [-0.05, 0) is 13.3 Å². The van der Waals surface area contributed by atoms with Gasteiger partial charge < -0.3 is 5.11 Å². The van der Waals surface area contributed by atoms with E-state index in [-0.39, 0.29) is 6.10 Å². The van der Waals surface area contributed by atoms with Gasteiger partial charge in [-0.2, -0.15) is 0 Å². The quantitative estimate of drug-likeness (QED) is 0.418. The molecule has 0 aromatic carbocycles. The number of aliphatic hydroxyl groups is 1. The Bertz CT molecular complexity index is 214. The molecule has 1 unspecified atom stereocenters. The summed E-state index contributed by atoms with van der Waals surface area (Å²) in [7, 11) is -1.25. The first-order valence-corrected chi connectivity index (χ1v) is 8.25. The van der Waals surface area contributed by atoms with Crippen LogP contribution < -0.4 is 0 Å². The molecule has 0 aromatic heterocycles. The van der Waals surface area contributed by atoms with E-state index in [2.05, 4.69) is 31.1 Å². The third kappa shape index (κ3) is 9.39. The van der Waals surface area contributed by atoms with Gasteiger partial charge in [0.2, 0.25) is 0 Å². The lowest BCUT2D eigenvalue weighted by atomic mass is 10.2. The number of aliphatic hydroxyl groups excluding tert-OH is 1. The predicted molar refractivity (Wildman–Crippen MR) is 61.2 cm³/mol. The van der Waals surface area contributed by atoms with Crippen LogP contribution in [0.1, 0.15) is 19.8 Å². The molecule has 0 amide bonds. The Kier molecular flexibility index (Phi) is 5.77. The van der Waals surface area contributed by atoms with Crippen LogP contribution in [0.15, 0.2) is 12.2 Å².